The summed E-state index contributed by atoms with van der Waals surface area (Å²) in [7, 11) is -1.49. The maximum absolute atomic E-state index is 13.7. The minimum atomic E-state index is -3.05. The predicted octanol–water partition coefficient (Wildman–Crippen LogP) is 10.9. The van der Waals surface area contributed by atoms with Crippen molar-refractivity contribution in [3.8, 4) is 5.75 Å². The lowest BCUT2D eigenvalue weighted by molar-refractivity contribution is -0.378. The van der Waals surface area contributed by atoms with Crippen molar-refractivity contribution in [3.63, 3.8) is 0 Å². The van der Waals surface area contributed by atoms with Crippen molar-refractivity contribution in [1.29, 1.82) is 0 Å². The van der Waals surface area contributed by atoms with Crippen LogP contribution in [0.1, 0.15) is 54.2 Å². The maximum atomic E-state index is 13.7. The van der Waals surface area contributed by atoms with E-state index in [2.05, 4.69) is 69.3 Å². The molecule has 1 aliphatic rings. The zero-order valence-corrected chi connectivity index (χ0v) is 41.0. The van der Waals surface area contributed by atoms with E-state index in [1.54, 1.807) is 13.2 Å². The van der Waals surface area contributed by atoms with Gasteiger partial charge in [-0.25, -0.2) is 0 Å². The highest BCUT2D eigenvalue weighted by Gasteiger charge is 2.58. The smallest absolute Gasteiger partial charge is 0.261 e. The Balaban J connectivity index is 1.24. The van der Waals surface area contributed by atoms with Gasteiger partial charge in [0.1, 0.15) is 30.2 Å². The molecule has 0 saturated carbocycles. The van der Waals surface area contributed by atoms with E-state index in [1.807, 2.05) is 140 Å². The highest BCUT2D eigenvalue weighted by molar-refractivity contribution is 6.99. The molecule has 0 radical (unpaired) electrons. The minimum absolute atomic E-state index is 0.0574. The average molecular weight is 950 g/mol. The van der Waals surface area contributed by atoms with Gasteiger partial charge in [-0.1, -0.05) is 214 Å². The number of ether oxygens (including phenoxy) is 6. The molecule has 1 fully saturated rings. The molecule has 0 aromatic heterocycles. The fraction of sp³-hybridized carbons (Fsp3) is 0.276. The summed E-state index contributed by atoms with van der Waals surface area (Å²) < 4.78 is 47.8. The summed E-state index contributed by atoms with van der Waals surface area (Å²) >= 11 is 7.29. The van der Waals surface area contributed by atoms with Crippen LogP contribution >= 0.6 is 11.6 Å². The SMILES string of the molecule is COc1cc(C2(O)O[C@H](COCc3ccccc3)[C@@H](OCc3ccccc3)[C@H](OCc3ccccc3)[C@H]2OCc2ccccc2)cc(CO[Si](c2ccccc2)(c2ccccc2)C(C)(C)C)c1Cl. The predicted molar refractivity (Wildman–Crippen MR) is 270 cm³/mol. The van der Waals surface area contributed by atoms with Crippen molar-refractivity contribution in [1.82, 2.24) is 0 Å². The van der Waals surface area contributed by atoms with Gasteiger partial charge in [0, 0.05) is 5.56 Å². The molecule has 7 aromatic carbocycles. The fourth-order valence-corrected chi connectivity index (χ4v) is 13.9. The molecular weight excluding hydrogens is 888 g/mol. The first-order valence-electron chi connectivity index (χ1n) is 23.2. The van der Waals surface area contributed by atoms with Crippen molar-refractivity contribution in [2.24, 2.45) is 0 Å². The molecule has 0 bridgehead atoms. The second kappa shape index (κ2) is 22.8. The van der Waals surface area contributed by atoms with Crippen LogP contribution in [0.5, 0.6) is 5.75 Å². The van der Waals surface area contributed by atoms with E-state index in [0.29, 0.717) is 28.5 Å². The van der Waals surface area contributed by atoms with Crippen molar-refractivity contribution in [3.05, 3.63) is 233 Å². The molecule has 1 aliphatic heterocycles. The largest absolute Gasteiger partial charge is 0.495 e. The zero-order valence-electron chi connectivity index (χ0n) is 39.2. The van der Waals surface area contributed by atoms with Crippen LogP contribution in [0.3, 0.4) is 0 Å². The second-order valence-corrected chi connectivity index (χ2v) is 22.9. The molecule has 68 heavy (non-hydrogen) atoms. The number of methoxy groups -OCH3 is 1. The molecule has 8 nitrogen and oxygen atoms in total. The van der Waals surface area contributed by atoms with E-state index < -0.39 is 38.5 Å². The lowest BCUT2D eigenvalue weighted by Crippen LogP contribution is -2.66. The summed E-state index contributed by atoms with van der Waals surface area (Å²) in [6.45, 7) is 7.76. The third kappa shape index (κ3) is 11.4. The summed E-state index contributed by atoms with van der Waals surface area (Å²) in [6.07, 6.45) is -3.69. The maximum Gasteiger partial charge on any atom is 0.261 e. The Morgan fingerprint density at radius 3 is 1.44 bits per heavy atom. The number of hydrogen-bond donors (Lipinski definition) is 1. The van der Waals surface area contributed by atoms with Crippen LogP contribution < -0.4 is 15.1 Å². The first kappa shape index (κ1) is 49.0. The van der Waals surface area contributed by atoms with E-state index in [4.69, 9.17) is 44.4 Å². The van der Waals surface area contributed by atoms with Crippen LogP contribution in [0.15, 0.2) is 194 Å². The van der Waals surface area contributed by atoms with Gasteiger partial charge in [0.15, 0.2) is 0 Å². The molecule has 1 saturated heterocycles. The average Bonchev–Trinajstić information content (AvgIpc) is 3.37. The van der Waals surface area contributed by atoms with E-state index in [9.17, 15) is 5.11 Å². The van der Waals surface area contributed by atoms with Gasteiger partial charge >= 0.3 is 0 Å². The number of hydrogen-bond acceptors (Lipinski definition) is 8. The molecule has 10 heteroatoms. The number of rotatable bonds is 20. The molecule has 1 unspecified atom stereocenters. The molecule has 352 valence electrons. The van der Waals surface area contributed by atoms with Gasteiger partial charge in [-0.15, -0.1) is 0 Å². The quantitative estimate of drug-likeness (QED) is 0.0757. The number of benzene rings is 7. The van der Waals surface area contributed by atoms with Crippen LogP contribution in [0.4, 0.5) is 0 Å². The Hall–Kier alpha value is -5.43. The standard InChI is InChI=1S/C58H61ClO8Si/c1-57(2,3)68(49-31-19-9-20-32-49,50-33-21-10-22-34-50)66-41-47-35-48(36-51(61-4)53(47)59)58(60)56(65-40-46-29-17-8-18-30-46)55(64-39-45-27-15-7-16-28-45)54(63-38-44-25-13-6-14-26-44)52(67-58)42-62-37-43-23-11-5-12-24-43/h5-36,52,54-56,60H,37-42H2,1-4H3/t52-,54-,55+,56-,58?/m1/s1. The Labute approximate surface area is 407 Å². The van der Waals surface area contributed by atoms with Gasteiger partial charge < -0.3 is 38.0 Å². The van der Waals surface area contributed by atoms with Crippen LogP contribution in [0.25, 0.3) is 0 Å². The number of halogens is 1. The molecule has 1 heterocycles. The van der Waals surface area contributed by atoms with Gasteiger partial charge in [-0.05, 0) is 55.4 Å². The molecule has 7 aromatic rings. The topological polar surface area (TPSA) is 84.8 Å². The first-order valence-corrected chi connectivity index (χ1v) is 25.5. The van der Waals surface area contributed by atoms with Gasteiger partial charge in [0.2, 0.25) is 5.79 Å². The molecule has 0 aliphatic carbocycles. The van der Waals surface area contributed by atoms with Crippen LogP contribution in [0, 0.1) is 0 Å². The first-order chi connectivity index (χ1) is 33.1. The zero-order chi connectivity index (χ0) is 47.4. The van der Waals surface area contributed by atoms with Crippen molar-refractivity contribution < 1.29 is 38.0 Å². The van der Waals surface area contributed by atoms with Crippen LogP contribution in [0.2, 0.25) is 10.1 Å². The van der Waals surface area contributed by atoms with Gasteiger partial charge in [-0.3, -0.25) is 0 Å². The monoisotopic (exact) mass is 948 g/mol. The molecule has 8 rings (SSSR count). The fourth-order valence-electron chi connectivity index (χ4n) is 9.15. The number of aliphatic hydroxyl groups is 1. The lowest BCUT2D eigenvalue weighted by atomic mass is 9.86. The van der Waals surface area contributed by atoms with Crippen LogP contribution in [-0.2, 0) is 66.9 Å². The van der Waals surface area contributed by atoms with Crippen LogP contribution in [-0.4, -0.2) is 51.6 Å². The van der Waals surface area contributed by atoms with Gasteiger partial charge in [0.05, 0.1) is 51.8 Å². The Bertz CT molecular complexity index is 2560. The van der Waals surface area contributed by atoms with E-state index in [0.717, 1.165) is 32.6 Å². The van der Waals surface area contributed by atoms with Crippen molar-refractivity contribution in [2.75, 3.05) is 13.7 Å². The third-order valence-corrected chi connectivity index (χ3v) is 18.0. The van der Waals surface area contributed by atoms with E-state index in [-0.39, 0.29) is 38.1 Å². The summed E-state index contributed by atoms with van der Waals surface area (Å²) in [5, 5.41) is 16.0. The summed E-state index contributed by atoms with van der Waals surface area (Å²) in [4.78, 5) is 0. The molecule has 5 atom stereocenters. The Kier molecular flexibility index (Phi) is 16.4. The molecule has 0 amide bonds. The minimum Gasteiger partial charge on any atom is -0.495 e. The third-order valence-electron chi connectivity index (χ3n) is 12.6. The van der Waals surface area contributed by atoms with Crippen molar-refractivity contribution in [2.45, 2.75) is 89.0 Å². The normalized spacial score (nSPS) is 19.7. The Morgan fingerprint density at radius 2 is 0.985 bits per heavy atom. The lowest BCUT2D eigenvalue weighted by Gasteiger charge is -2.50. The van der Waals surface area contributed by atoms with Gasteiger partial charge in [-0.2, -0.15) is 0 Å². The van der Waals surface area contributed by atoms with E-state index in [1.165, 1.54) is 0 Å². The van der Waals surface area contributed by atoms with Crippen molar-refractivity contribution >= 4 is 30.3 Å². The summed E-state index contributed by atoms with van der Waals surface area (Å²) in [5.74, 6) is -1.83. The highest BCUT2D eigenvalue weighted by Crippen LogP contribution is 2.45. The molecular formula is C58H61ClO8Si. The second-order valence-electron chi connectivity index (χ2n) is 18.2. The molecule has 1 N–H and O–H groups in total. The summed E-state index contributed by atoms with van der Waals surface area (Å²) in [6, 6.07) is 64.2. The molecule has 0 spiro atoms. The Morgan fingerprint density at radius 1 is 0.559 bits per heavy atom. The van der Waals surface area contributed by atoms with Gasteiger partial charge in [0.25, 0.3) is 8.32 Å². The highest BCUT2D eigenvalue weighted by atomic mass is 35.5. The summed E-state index contributed by atoms with van der Waals surface area (Å²) in [5.41, 5.74) is 4.76. The van der Waals surface area contributed by atoms with E-state index >= 15 is 0 Å².